The van der Waals surface area contributed by atoms with Crippen molar-refractivity contribution >= 4 is 28.5 Å². The summed E-state index contributed by atoms with van der Waals surface area (Å²) >= 11 is 0. The summed E-state index contributed by atoms with van der Waals surface area (Å²) in [5.74, 6) is -2.55. The van der Waals surface area contributed by atoms with E-state index < -0.39 is 17.8 Å². The molecular weight excluding hydrogens is 244 g/mol. The molecule has 5 heteroatoms. The number of aromatic amines is 1. The quantitative estimate of drug-likeness (QED) is 0.789. The summed E-state index contributed by atoms with van der Waals surface area (Å²) in [6.45, 7) is 3.14. The van der Waals surface area contributed by atoms with Gasteiger partial charge in [-0.2, -0.15) is 0 Å². The molecule has 3 N–H and O–H groups in total. The van der Waals surface area contributed by atoms with E-state index in [1.165, 1.54) is 6.92 Å². The fourth-order valence-corrected chi connectivity index (χ4v) is 1.83. The number of carboxylic acid groups (broad SMARTS) is 1. The molecule has 2 aromatic rings. The van der Waals surface area contributed by atoms with Gasteiger partial charge in [0.25, 0.3) is 0 Å². The smallest absolute Gasteiger partial charge is 0.307 e. The normalized spacial score (nSPS) is 14.0. The van der Waals surface area contributed by atoms with Crippen molar-refractivity contribution in [1.82, 2.24) is 4.98 Å². The van der Waals surface area contributed by atoms with Crippen molar-refractivity contribution in [2.45, 2.75) is 13.8 Å². The first-order valence-electron chi connectivity index (χ1n) is 6.10. The van der Waals surface area contributed by atoms with E-state index in [4.69, 9.17) is 5.11 Å². The second kappa shape index (κ2) is 5.14. The van der Waals surface area contributed by atoms with Crippen molar-refractivity contribution in [3.63, 3.8) is 0 Å². The number of fused-ring (bicyclic) bond motifs is 1. The van der Waals surface area contributed by atoms with Crippen LogP contribution in [0.2, 0.25) is 0 Å². The van der Waals surface area contributed by atoms with E-state index in [9.17, 15) is 9.59 Å². The Balaban J connectivity index is 2.11. The van der Waals surface area contributed by atoms with Gasteiger partial charge in [0.2, 0.25) is 5.91 Å². The van der Waals surface area contributed by atoms with Gasteiger partial charge in [0, 0.05) is 28.7 Å². The molecule has 1 heterocycles. The minimum atomic E-state index is -0.969. The number of nitrogens with one attached hydrogen (secondary N) is 2. The Hall–Kier alpha value is -2.30. The maximum Gasteiger partial charge on any atom is 0.307 e. The second-order valence-electron chi connectivity index (χ2n) is 4.68. The van der Waals surface area contributed by atoms with Crippen molar-refractivity contribution in [3.8, 4) is 0 Å². The summed E-state index contributed by atoms with van der Waals surface area (Å²) < 4.78 is 0. The van der Waals surface area contributed by atoms with Crippen LogP contribution in [-0.2, 0) is 9.59 Å². The molecule has 1 aromatic heterocycles. The zero-order valence-corrected chi connectivity index (χ0v) is 10.8. The molecule has 2 atom stereocenters. The molecule has 0 aliphatic rings. The predicted molar refractivity (Wildman–Crippen MR) is 72.9 cm³/mol. The summed E-state index contributed by atoms with van der Waals surface area (Å²) in [6.07, 6.45) is 1.82. The Kier molecular flexibility index (Phi) is 3.55. The average Bonchev–Trinajstić information content (AvgIpc) is 2.84. The van der Waals surface area contributed by atoms with Gasteiger partial charge in [-0.05, 0) is 24.3 Å². The van der Waals surface area contributed by atoms with Crippen LogP contribution in [0.5, 0.6) is 0 Å². The molecule has 100 valence electrons. The lowest BCUT2D eigenvalue weighted by Gasteiger charge is -2.15. The van der Waals surface area contributed by atoms with Gasteiger partial charge in [0.05, 0.1) is 5.92 Å². The van der Waals surface area contributed by atoms with Crippen LogP contribution in [0.1, 0.15) is 13.8 Å². The number of hydrogen-bond donors (Lipinski definition) is 3. The highest BCUT2D eigenvalue weighted by Gasteiger charge is 2.25. The first kappa shape index (κ1) is 13.1. The van der Waals surface area contributed by atoms with E-state index in [-0.39, 0.29) is 5.91 Å². The Bertz CT molecular complexity index is 618. The van der Waals surface area contributed by atoms with E-state index in [1.807, 2.05) is 24.4 Å². The number of carbonyl (C=O) groups excluding carboxylic acids is 1. The van der Waals surface area contributed by atoms with Crippen LogP contribution in [0.25, 0.3) is 10.9 Å². The minimum absolute atomic E-state index is 0.287. The van der Waals surface area contributed by atoms with Crippen LogP contribution in [0.4, 0.5) is 5.69 Å². The van der Waals surface area contributed by atoms with Gasteiger partial charge in [0.1, 0.15) is 0 Å². The van der Waals surface area contributed by atoms with E-state index in [1.54, 1.807) is 13.0 Å². The minimum Gasteiger partial charge on any atom is -0.481 e. The first-order valence-corrected chi connectivity index (χ1v) is 6.10. The Labute approximate surface area is 110 Å². The molecule has 0 aliphatic heterocycles. The Morgan fingerprint density at radius 2 is 1.95 bits per heavy atom. The van der Waals surface area contributed by atoms with Gasteiger partial charge < -0.3 is 15.4 Å². The number of amides is 1. The average molecular weight is 260 g/mol. The van der Waals surface area contributed by atoms with E-state index >= 15 is 0 Å². The number of carbonyl (C=O) groups is 2. The molecule has 2 rings (SSSR count). The van der Waals surface area contributed by atoms with Crippen molar-refractivity contribution in [2.24, 2.45) is 11.8 Å². The van der Waals surface area contributed by atoms with Crippen LogP contribution in [0.3, 0.4) is 0 Å². The molecule has 0 saturated heterocycles. The summed E-state index contributed by atoms with van der Waals surface area (Å²) in [7, 11) is 0. The zero-order valence-electron chi connectivity index (χ0n) is 10.8. The number of aliphatic carboxylic acids is 1. The molecule has 0 fully saturated rings. The highest BCUT2D eigenvalue weighted by atomic mass is 16.4. The fourth-order valence-electron chi connectivity index (χ4n) is 1.83. The predicted octanol–water partition coefficient (Wildman–Crippen LogP) is 2.46. The number of hydrogen-bond acceptors (Lipinski definition) is 2. The van der Waals surface area contributed by atoms with E-state index in [2.05, 4.69) is 10.3 Å². The van der Waals surface area contributed by atoms with Gasteiger partial charge in [-0.1, -0.05) is 13.8 Å². The lowest BCUT2D eigenvalue weighted by molar-refractivity contribution is -0.145. The molecule has 0 bridgehead atoms. The Morgan fingerprint density at radius 3 is 2.63 bits per heavy atom. The fraction of sp³-hybridized carbons (Fsp3) is 0.286. The Morgan fingerprint density at radius 1 is 1.21 bits per heavy atom. The second-order valence-corrected chi connectivity index (χ2v) is 4.68. The molecule has 2 unspecified atom stereocenters. The van der Waals surface area contributed by atoms with Crippen molar-refractivity contribution < 1.29 is 14.7 Å². The molecule has 0 radical (unpaired) electrons. The highest BCUT2D eigenvalue weighted by Crippen LogP contribution is 2.20. The molecule has 1 aromatic carbocycles. The standard InChI is InChI=1S/C14H16N2O3/c1-8(9(2)14(18)19)13(17)16-11-3-4-12-10(7-11)5-6-15-12/h3-9,15H,1-2H3,(H,16,17)(H,18,19). The number of benzene rings is 1. The van der Waals surface area contributed by atoms with Gasteiger partial charge >= 0.3 is 5.97 Å². The molecule has 5 nitrogen and oxygen atoms in total. The third-order valence-corrected chi connectivity index (χ3v) is 3.37. The number of carboxylic acids is 1. The zero-order chi connectivity index (χ0) is 14.0. The van der Waals surface area contributed by atoms with Crippen molar-refractivity contribution in [2.75, 3.05) is 5.32 Å². The molecule has 0 aliphatic carbocycles. The van der Waals surface area contributed by atoms with Crippen LogP contribution in [-0.4, -0.2) is 22.0 Å². The lowest BCUT2D eigenvalue weighted by atomic mass is 9.95. The van der Waals surface area contributed by atoms with Gasteiger partial charge in [0.15, 0.2) is 0 Å². The van der Waals surface area contributed by atoms with E-state index in [0.29, 0.717) is 5.69 Å². The van der Waals surface area contributed by atoms with Gasteiger partial charge in [-0.25, -0.2) is 0 Å². The number of aromatic nitrogens is 1. The van der Waals surface area contributed by atoms with Crippen LogP contribution in [0, 0.1) is 11.8 Å². The molecule has 0 spiro atoms. The van der Waals surface area contributed by atoms with Gasteiger partial charge in [-0.3, -0.25) is 9.59 Å². The lowest BCUT2D eigenvalue weighted by Crippen LogP contribution is -2.29. The number of H-pyrrole nitrogens is 1. The van der Waals surface area contributed by atoms with Crippen molar-refractivity contribution in [3.05, 3.63) is 30.5 Å². The summed E-state index contributed by atoms with van der Waals surface area (Å²) in [5.41, 5.74) is 1.66. The van der Waals surface area contributed by atoms with Crippen molar-refractivity contribution in [1.29, 1.82) is 0 Å². The third kappa shape index (κ3) is 2.76. The largest absolute Gasteiger partial charge is 0.481 e. The molecule has 19 heavy (non-hydrogen) atoms. The van der Waals surface area contributed by atoms with Crippen LogP contribution in [0.15, 0.2) is 30.5 Å². The summed E-state index contributed by atoms with van der Waals surface area (Å²) in [4.78, 5) is 25.9. The maximum atomic E-state index is 12.0. The molecule has 0 saturated carbocycles. The first-order chi connectivity index (χ1) is 8.99. The van der Waals surface area contributed by atoms with Crippen LogP contribution >= 0.6 is 0 Å². The number of anilines is 1. The molecular formula is C14H16N2O3. The summed E-state index contributed by atoms with van der Waals surface area (Å²) in [6, 6.07) is 7.42. The number of rotatable bonds is 4. The SMILES string of the molecule is CC(C(=O)O)C(C)C(=O)Nc1ccc2[nH]ccc2c1. The summed E-state index contributed by atoms with van der Waals surface area (Å²) in [5, 5.41) is 12.6. The maximum absolute atomic E-state index is 12.0. The third-order valence-electron chi connectivity index (χ3n) is 3.37. The van der Waals surface area contributed by atoms with Gasteiger partial charge in [-0.15, -0.1) is 0 Å². The van der Waals surface area contributed by atoms with E-state index in [0.717, 1.165) is 10.9 Å². The van der Waals surface area contributed by atoms with Crippen LogP contribution < -0.4 is 5.32 Å². The topological polar surface area (TPSA) is 82.2 Å². The molecule has 1 amide bonds. The highest BCUT2D eigenvalue weighted by molar-refractivity contribution is 5.96. The monoisotopic (exact) mass is 260 g/mol.